The van der Waals surface area contributed by atoms with Crippen LogP contribution in [0.25, 0.3) is 0 Å². The van der Waals surface area contributed by atoms with Gasteiger partial charge in [-0.15, -0.1) is 24.0 Å². The lowest BCUT2D eigenvalue weighted by Gasteiger charge is -2.62. The van der Waals surface area contributed by atoms with Crippen molar-refractivity contribution in [3.8, 4) is 0 Å². The molecule has 5 nitrogen and oxygen atoms in total. The van der Waals surface area contributed by atoms with Crippen molar-refractivity contribution >= 4 is 29.9 Å². The summed E-state index contributed by atoms with van der Waals surface area (Å²) in [6, 6.07) is 2.02. The first-order valence-corrected chi connectivity index (χ1v) is 6.75. The molecule has 0 radical (unpaired) electrons. The molecule has 0 saturated carbocycles. The highest BCUT2D eigenvalue weighted by molar-refractivity contribution is 14.0. The number of guanidine groups is 1. The van der Waals surface area contributed by atoms with Crippen LogP contribution in [-0.4, -0.2) is 39.8 Å². The van der Waals surface area contributed by atoms with Gasteiger partial charge in [0.05, 0.1) is 12.2 Å². The first kappa shape index (κ1) is 17.3. The van der Waals surface area contributed by atoms with E-state index in [1.54, 1.807) is 0 Å². The summed E-state index contributed by atoms with van der Waals surface area (Å²) in [5.41, 5.74) is 1.59. The lowest BCUT2D eigenvalue weighted by molar-refractivity contribution is -0.0668. The molecule has 1 aromatic heterocycles. The van der Waals surface area contributed by atoms with Gasteiger partial charge < -0.3 is 10.2 Å². The van der Waals surface area contributed by atoms with E-state index >= 15 is 0 Å². The van der Waals surface area contributed by atoms with Gasteiger partial charge >= 0.3 is 0 Å². The molecule has 1 aliphatic heterocycles. The van der Waals surface area contributed by atoms with Gasteiger partial charge in [-0.05, 0) is 19.9 Å². The normalized spacial score (nSPS) is 20.1. The summed E-state index contributed by atoms with van der Waals surface area (Å²) in [6.45, 7) is 10.9. The van der Waals surface area contributed by atoms with Crippen molar-refractivity contribution in [3.63, 3.8) is 0 Å². The third kappa shape index (κ3) is 2.80. The highest BCUT2D eigenvalue weighted by Gasteiger charge is 2.53. The number of hydrogen-bond donors (Lipinski definition) is 1. The van der Waals surface area contributed by atoms with Crippen molar-refractivity contribution in [3.05, 3.63) is 18.0 Å². The average molecular weight is 391 g/mol. The second-order valence-electron chi connectivity index (χ2n) is 6.38. The second kappa shape index (κ2) is 5.91. The highest BCUT2D eigenvalue weighted by Crippen LogP contribution is 2.46. The maximum absolute atomic E-state index is 4.40. The van der Waals surface area contributed by atoms with Gasteiger partial charge in [0, 0.05) is 37.8 Å². The zero-order valence-electron chi connectivity index (χ0n) is 13.3. The van der Waals surface area contributed by atoms with Crippen LogP contribution in [0.4, 0.5) is 0 Å². The molecule has 6 heteroatoms. The van der Waals surface area contributed by atoms with Crippen LogP contribution in [0.2, 0.25) is 0 Å². The Bertz CT molecular complexity index is 490. The van der Waals surface area contributed by atoms with E-state index in [4.69, 9.17) is 0 Å². The molecule has 1 aromatic rings. The minimum absolute atomic E-state index is 0. The van der Waals surface area contributed by atoms with Gasteiger partial charge in [0.1, 0.15) is 0 Å². The monoisotopic (exact) mass is 391 g/mol. The zero-order chi connectivity index (χ0) is 14.3. The number of hydrogen-bond acceptors (Lipinski definition) is 2. The molecule has 0 bridgehead atoms. The Balaban J connectivity index is 0.00000200. The Morgan fingerprint density at radius 3 is 2.45 bits per heavy atom. The summed E-state index contributed by atoms with van der Waals surface area (Å²) in [4.78, 5) is 6.74. The van der Waals surface area contributed by atoms with Crippen LogP contribution in [-0.2, 0) is 13.6 Å². The molecule has 1 aliphatic rings. The molecule has 1 N–H and O–H groups in total. The fourth-order valence-corrected chi connectivity index (χ4v) is 2.44. The van der Waals surface area contributed by atoms with Crippen LogP contribution < -0.4 is 5.32 Å². The van der Waals surface area contributed by atoms with Gasteiger partial charge in [-0.2, -0.15) is 5.10 Å². The standard InChI is InChI=1S/C14H25N5.HI/c1-13(2)10-19(14(13,3)4)12(15-5)16-9-11-7-8-17-18(11)6;/h7-8H,9-10H2,1-6H3,(H,15,16);1H. The van der Waals surface area contributed by atoms with Crippen molar-refractivity contribution < 1.29 is 0 Å². The van der Waals surface area contributed by atoms with Crippen LogP contribution in [0.15, 0.2) is 17.3 Å². The first-order chi connectivity index (χ1) is 8.79. The maximum Gasteiger partial charge on any atom is 0.194 e. The number of aromatic nitrogens is 2. The Hall–Kier alpha value is -0.790. The Labute approximate surface area is 138 Å². The summed E-state index contributed by atoms with van der Waals surface area (Å²) in [5, 5.41) is 7.60. The van der Waals surface area contributed by atoms with E-state index in [9.17, 15) is 0 Å². The lowest BCUT2D eigenvalue weighted by atomic mass is 9.65. The van der Waals surface area contributed by atoms with E-state index in [2.05, 4.69) is 48.0 Å². The van der Waals surface area contributed by atoms with E-state index in [1.165, 1.54) is 0 Å². The third-order valence-electron chi connectivity index (χ3n) is 4.70. The largest absolute Gasteiger partial charge is 0.351 e. The van der Waals surface area contributed by atoms with E-state index in [0.717, 1.165) is 24.7 Å². The van der Waals surface area contributed by atoms with Crippen molar-refractivity contribution in [2.45, 2.75) is 39.8 Å². The maximum atomic E-state index is 4.40. The molecular formula is C14H26IN5. The molecule has 2 heterocycles. The van der Waals surface area contributed by atoms with Gasteiger partial charge in [0.15, 0.2) is 5.96 Å². The summed E-state index contributed by atoms with van der Waals surface area (Å²) in [7, 11) is 3.80. The molecule has 0 spiro atoms. The van der Waals surface area contributed by atoms with Gasteiger partial charge in [-0.1, -0.05) is 13.8 Å². The van der Waals surface area contributed by atoms with Gasteiger partial charge in [-0.3, -0.25) is 9.67 Å². The quantitative estimate of drug-likeness (QED) is 0.478. The second-order valence-corrected chi connectivity index (χ2v) is 6.38. The van der Waals surface area contributed by atoms with E-state index < -0.39 is 0 Å². The van der Waals surface area contributed by atoms with Crippen molar-refractivity contribution in [1.82, 2.24) is 20.0 Å². The van der Waals surface area contributed by atoms with E-state index in [0.29, 0.717) is 5.41 Å². The molecule has 114 valence electrons. The molecule has 1 fully saturated rings. The third-order valence-corrected chi connectivity index (χ3v) is 4.70. The minimum Gasteiger partial charge on any atom is -0.351 e. The van der Waals surface area contributed by atoms with Crippen LogP contribution in [0, 0.1) is 5.41 Å². The summed E-state index contributed by atoms with van der Waals surface area (Å²) in [5.74, 6) is 0.963. The molecule has 0 amide bonds. The molecule has 0 unspecified atom stereocenters. The predicted octanol–water partition coefficient (Wildman–Crippen LogP) is 2.23. The molecule has 0 aromatic carbocycles. The van der Waals surface area contributed by atoms with Crippen molar-refractivity contribution in [2.24, 2.45) is 17.5 Å². The summed E-state index contributed by atoms with van der Waals surface area (Å²) in [6.07, 6.45) is 1.82. The van der Waals surface area contributed by atoms with Crippen LogP contribution >= 0.6 is 24.0 Å². The molecule has 1 saturated heterocycles. The Kier molecular flexibility index (Phi) is 5.10. The fourth-order valence-electron chi connectivity index (χ4n) is 2.44. The topological polar surface area (TPSA) is 45.5 Å². The van der Waals surface area contributed by atoms with Gasteiger partial charge in [0.25, 0.3) is 0 Å². The Morgan fingerprint density at radius 1 is 1.40 bits per heavy atom. The molecule has 0 aliphatic carbocycles. The number of halogens is 1. The van der Waals surface area contributed by atoms with Crippen LogP contribution in [0.1, 0.15) is 33.4 Å². The van der Waals surface area contributed by atoms with Crippen molar-refractivity contribution in [1.29, 1.82) is 0 Å². The lowest BCUT2D eigenvalue weighted by Crippen LogP contribution is -2.72. The molecule has 0 atom stereocenters. The minimum atomic E-state index is 0. The van der Waals surface area contributed by atoms with Crippen LogP contribution in [0.5, 0.6) is 0 Å². The zero-order valence-corrected chi connectivity index (χ0v) is 15.6. The molecule has 20 heavy (non-hydrogen) atoms. The fraction of sp³-hybridized carbons (Fsp3) is 0.714. The van der Waals surface area contributed by atoms with Crippen molar-refractivity contribution in [2.75, 3.05) is 13.6 Å². The number of aryl methyl sites for hydroxylation is 1. The van der Waals surface area contributed by atoms with E-state index in [-0.39, 0.29) is 29.5 Å². The average Bonchev–Trinajstić information content (AvgIpc) is 2.74. The SMILES string of the molecule is CN=C(NCc1ccnn1C)N1CC(C)(C)C1(C)C.I. The number of likely N-dealkylation sites (tertiary alicyclic amines) is 1. The van der Waals surface area contributed by atoms with Crippen LogP contribution in [0.3, 0.4) is 0 Å². The number of rotatable bonds is 2. The molecular weight excluding hydrogens is 365 g/mol. The first-order valence-electron chi connectivity index (χ1n) is 6.75. The number of aliphatic imine (C=N–C) groups is 1. The molecule has 2 rings (SSSR count). The van der Waals surface area contributed by atoms with Gasteiger partial charge in [-0.25, -0.2) is 0 Å². The smallest absolute Gasteiger partial charge is 0.194 e. The summed E-state index contributed by atoms with van der Waals surface area (Å²) < 4.78 is 1.88. The summed E-state index contributed by atoms with van der Waals surface area (Å²) >= 11 is 0. The van der Waals surface area contributed by atoms with E-state index in [1.807, 2.05) is 31.0 Å². The number of nitrogens with zero attached hydrogens (tertiary/aromatic N) is 4. The Morgan fingerprint density at radius 2 is 2.05 bits per heavy atom. The van der Waals surface area contributed by atoms with Gasteiger partial charge in [0.2, 0.25) is 0 Å². The number of nitrogens with one attached hydrogen (secondary N) is 1. The predicted molar refractivity (Wildman–Crippen MR) is 93.4 cm³/mol. The highest BCUT2D eigenvalue weighted by atomic mass is 127.